The van der Waals surface area contributed by atoms with E-state index in [1.807, 2.05) is 18.2 Å². The van der Waals surface area contributed by atoms with E-state index in [2.05, 4.69) is 28.0 Å². The molecule has 1 N–H and O–H groups in total. The lowest BCUT2D eigenvalue weighted by atomic mass is 9.69. The maximum Gasteiger partial charge on any atom is 0.123 e. The van der Waals surface area contributed by atoms with Crippen LogP contribution in [0.1, 0.15) is 31.2 Å². The second kappa shape index (κ2) is 10.4. The summed E-state index contributed by atoms with van der Waals surface area (Å²) in [5.41, 5.74) is 0.816. The molecule has 0 spiro atoms. The summed E-state index contributed by atoms with van der Waals surface area (Å²) in [6, 6.07) is 19.3. The summed E-state index contributed by atoms with van der Waals surface area (Å²) in [7, 11) is 0. The molecule has 1 atom stereocenters. The third-order valence-electron chi connectivity index (χ3n) is 7.00. The number of piperazine rings is 1. The minimum atomic E-state index is -0.580. The van der Waals surface area contributed by atoms with E-state index in [9.17, 15) is 14.8 Å². The van der Waals surface area contributed by atoms with Crippen LogP contribution in [0.4, 0.5) is 4.39 Å². The molecule has 2 fully saturated rings. The molecule has 32 heavy (non-hydrogen) atoms. The number of aliphatic hydroxyl groups is 1. The van der Waals surface area contributed by atoms with Gasteiger partial charge >= 0.3 is 0 Å². The molecule has 5 nitrogen and oxygen atoms in total. The third-order valence-corrected chi connectivity index (χ3v) is 7.00. The van der Waals surface area contributed by atoms with Gasteiger partial charge < -0.3 is 9.84 Å². The van der Waals surface area contributed by atoms with Crippen LogP contribution >= 0.6 is 0 Å². The standard InChI is InChI=1S/C26H32FN3O2/c27-22-6-8-25(9-7-22)32-19-24(31)18-29-14-16-30(17-15-29)23-10-12-26(20-28,13-11-23)21-4-2-1-3-5-21/h1-9,23-24,31H,10-19H2/t23-,24-,26+/m0/s1. The van der Waals surface area contributed by atoms with E-state index in [0.717, 1.165) is 57.4 Å². The number of rotatable bonds is 7. The van der Waals surface area contributed by atoms with Gasteiger partial charge in [0, 0.05) is 38.8 Å². The molecule has 1 heterocycles. The Morgan fingerprint density at radius 2 is 1.69 bits per heavy atom. The van der Waals surface area contributed by atoms with E-state index in [4.69, 9.17) is 4.74 Å². The summed E-state index contributed by atoms with van der Waals surface area (Å²) >= 11 is 0. The van der Waals surface area contributed by atoms with Crippen LogP contribution in [0.2, 0.25) is 0 Å². The lowest BCUT2D eigenvalue weighted by Gasteiger charge is -2.44. The van der Waals surface area contributed by atoms with Crippen molar-refractivity contribution in [1.82, 2.24) is 9.80 Å². The molecular formula is C26H32FN3O2. The molecule has 4 rings (SSSR count). The fraction of sp³-hybridized carbons (Fsp3) is 0.500. The van der Waals surface area contributed by atoms with Gasteiger partial charge in [0.2, 0.25) is 0 Å². The van der Waals surface area contributed by atoms with E-state index >= 15 is 0 Å². The zero-order chi connectivity index (χ0) is 22.4. The van der Waals surface area contributed by atoms with Crippen molar-refractivity contribution in [3.8, 4) is 11.8 Å². The molecule has 170 valence electrons. The third kappa shape index (κ3) is 5.47. The van der Waals surface area contributed by atoms with Crippen LogP contribution in [-0.2, 0) is 5.41 Å². The van der Waals surface area contributed by atoms with Gasteiger partial charge in [0.25, 0.3) is 0 Å². The van der Waals surface area contributed by atoms with Crippen molar-refractivity contribution in [2.45, 2.75) is 43.2 Å². The van der Waals surface area contributed by atoms with E-state index in [1.165, 1.54) is 12.1 Å². The first-order valence-electron chi connectivity index (χ1n) is 11.6. The van der Waals surface area contributed by atoms with Gasteiger partial charge in [-0.2, -0.15) is 5.26 Å². The van der Waals surface area contributed by atoms with Gasteiger partial charge in [-0.3, -0.25) is 9.80 Å². The van der Waals surface area contributed by atoms with Crippen LogP contribution in [-0.4, -0.2) is 66.4 Å². The van der Waals surface area contributed by atoms with Gasteiger partial charge in [0.15, 0.2) is 0 Å². The summed E-state index contributed by atoms with van der Waals surface area (Å²) in [6.07, 6.45) is 3.35. The Morgan fingerprint density at radius 3 is 2.31 bits per heavy atom. The van der Waals surface area contributed by atoms with E-state index in [0.29, 0.717) is 18.3 Å². The molecule has 0 unspecified atom stereocenters. The molecule has 2 aliphatic rings. The maximum atomic E-state index is 13.0. The summed E-state index contributed by atoms with van der Waals surface area (Å²) in [5, 5.41) is 20.3. The number of nitrogens with zero attached hydrogens (tertiary/aromatic N) is 3. The Morgan fingerprint density at radius 1 is 1.03 bits per heavy atom. The van der Waals surface area contributed by atoms with Gasteiger partial charge in [-0.15, -0.1) is 0 Å². The molecule has 2 aromatic rings. The average Bonchev–Trinajstić information content (AvgIpc) is 2.85. The number of hydrogen-bond acceptors (Lipinski definition) is 5. The fourth-order valence-corrected chi connectivity index (χ4v) is 5.07. The monoisotopic (exact) mass is 437 g/mol. The number of β-amino-alcohol motifs (C(OH)–C–C–N with tert-alkyl or cyclic N) is 1. The second-order valence-corrected chi connectivity index (χ2v) is 9.05. The summed E-state index contributed by atoms with van der Waals surface area (Å²) in [6.45, 7) is 4.59. The Balaban J connectivity index is 1.20. The number of nitriles is 1. The van der Waals surface area contributed by atoms with Crippen molar-refractivity contribution >= 4 is 0 Å². The quantitative estimate of drug-likeness (QED) is 0.717. The van der Waals surface area contributed by atoms with Crippen LogP contribution in [0.5, 0.6) is 5.75 Å². The molecule has 0 amide bonds. The van der Waals surface area contributed by atoms with Crippen molar-refractivity contribution in [3.63, 3.8) is 0 Å². The van der Waals surface area contributed by atoms with Crippen molar-refractivity contribution in [1.29, 1.82) is 5.26 Å². The molecule has 1 saturated carbocycles. The Kier molecular flexibility index (Phi) is 7.41. The minimum Gasteiger partial charge on any atom is -0.491 e. The Hall–Kier alpha value is -2.46. The van der Waals surface area contributed by atoms with E-state index < -0.39 is 6.10 Å². The number of ether oxygens (including phenoxy) is 1. The van der Waals surface area contributed by atoms with Crippen molar-refractivity contribution in [2.24, 2.45) is 0 Å². The topological polar surface area (TPSA) is 59.7 Å². The first kappa shape index (κ1) is 22.7. The Labute approximate surface area is 190 Å². The van der Waals surface area contributed by atoms with Gasteiger partial charge in [-0.05, 0) is 55.5 Å². The molecule has 2 aromatic carbocycles. The Bertz CT molecular complexity index is 884. The molecule has 1 aliphatic carbocycles. The van der Waals surface area contributed by atoms with Crippen LogP contribution < -0.4 is 4.74 Å². The van der Waals surface area contributed by atoms with Crippen LogP contribution in [0, 0.1) is 17.1 Å². The first-order chi connectivity index (χ1) is 15.6. The van der Waals surface area contributed by atoms with Crippen molar-refractivity contribution in [3.05, 3.63) is 66.0 Å². The zero-order valence-electron chi connectivity index (χ0n) is 18.5. The predicted octanol–water partition coefficient (Wildman–Crippen LogP) is 3.59. The van der Waals surface area contributed by atoms with Crippen LogP contribution in [0.3, 0.4) is 0 Å². The zero-order valence-corrected chi connectivity index (χ0v) is 18.5. The molecule has 1 saturated heterocycles. The van der Waals surface area contributed by atoms with Crippen molar-refractivity contribution in [2.75, 3.05) is 39.3 Å². The second-order valence-electron chi connectivity index (χ2n) is 9.05. The largest absolute Gasteiger partial charge is 0.491 e. The SMILES string of the molecule is N#C[C@]1(c2ccccc2)CC[C@@H](N2CCN(C[C@H](O)COc3ccc(F)cc3)CC2)CC1. The summed E-state index contributed by atoms with van der Waals surface area (Å²) in [4.78, 5) is 4.84. The van der Waals surface area contributed by atoms with E-state index in [-0.39, 0.29) is 17.8 Å². The highest BCUT2D eigenvalue weighted by atomic mass is 19.1. The van der Waals surface area contributed by atoms with Crippen LogP contribution in [0.25, 0.3) is 0 Å². The van der Waals surface area contributed by atoms with Gasteiger partial charge in [0.05, 0.1) is 11.5 Å². The lowest BCUT2D eigenvalue weighted by molar-refractivity contribution is 0.0286. The average molecular weight is 438 g/mol. The van der Waals surface area contributed by atoms with Gasteiger partial charge in [-0.1, -0.05) is 30.3 Å². The molecule has 0 bridgehead atoms. The fourth-order valence-electron chi connectivity index (χ4n) is 5.07. The molecule has 6 heteroatoms. The minimum absolute atomic E-state index is 0.199. The van der Waals surface area contributed by atoms with Gasteiger partial charge in [0.1, 0.15) is 24.3 Å². The van der Waals surface area contributed by atoms with E-state index in [1.54, 1.807) is 12.1 Å². The smallest absolute Gasteiger partial charge is 0.123 e. The number of aliphatic hydroxyl groups excluding tert-OH is 1. The highest BCUT2D eigenvalue weighted by molar-refractivity contribution is 5.33. The number of halogens is 1. The molecule has 1 aliphatic heterocycles. The van der Waals surface area contributed by atoms with Crippen molar-refractivity contribution < 1.29 is 14.2 Å². The number of hydrogen-bond donors (Lipinski definition) is 1. The molecular weight excluding hydrogens is 405 g/mol. The molecule has 0 aromatic heterocycles. The summed E-state index contributed by atoms with van der Waals surface area (Å²) in [5.74, 6) is 0.267. The van der Waals surface area contributed by atoms with Gasteiger partial charge in [-0.25, -0.2) is 4.39 Å². The maximum absolute atomic E-state index is 13.0. The highest BCUT2D eigenvalue weighted by Crippen LogP contribution is 2.40. The van der Waals surface area contributed by atoms with Crippen LogP contribution in [0.15, 0.2) is 54.6 Å². The number of benzene rings is 2. The highest BCUT2D eigenvalue weighted by Gasteiger charge is 2.39. The normalized spacial score (nSPS) is 25.7. The molecule has 0 radical (unpaired) electrons. The predicted molar refractivity (Wildman–Crippen MR) is 122 cm³/mol. The lowest BCUT2D eigenvalue weighted by Crippen LogP contribution is -2.53. The summed E-state index contributed by atoms with van der Waals surface area (Å²) < 4.78 is 18.5. The first-order valence-corrected chi connectivity index (χ1v) is 11.6.